The Bertz CT molecular complexity index is 331. The predicted octanol–water partition coefficient (Wildman–Crippen LogP) is 2.85. The average Bonchev–Trinajstić information content (AvgIpc) is 2.40. The Kier molecular flexibility index (Phi) is 8.09. The van der Waals surface area contributed by atoms with E-state index in [1.54, 1.807) is 0 Å². The molecular formula is C14H21F2NO2. The first-order chi connectivity index (χ1) is 9.22. The van der Waals surface area contributed by atoms with Gasteiger partial charge in [0.2, 0.25) is 0 Å². The van der Waals surface area contributed by atoms with Crippen LogP contribution in [-0.4, -0.2) is 32.8 Å². The maximum atomic E-state index is 11.8. The molecule has 1 N–H and O–H groups in total. The number of benzene rings is 1. The summed E-state index contributed by atoms with van der Waals surface area (Å²) in [7, 11) is 0. The fourth-order valence-corrected chi connectivity index (χ4v) is 1.50. The summed E-state index contributed by atoms with van der Waals surface area (Å²) in [6.45, 7) is 3.88. The van der Waals surface area contributed by atoms with E-state index in [1.807, 2.05) is 24.3 Å². The number of hydrogen-bond acceptors (Lipinski definition) is 3. The fourth-order valence-electron chi connectivity index (χ4n) is 1.50. The van der Waals surface area contributed by atoms with E-state index >= 15 is 0 Å². The molecule has 0 fully saturated rings. The number of rotatable bonds is 10. The van der Waals surface area contributed by atoms with Gasteiger partial charge in [0.05, 0.1) is 6.61 Å². The molecule has 0 spiro atoms. The average molecular weight is 273 g/mol. The highest BCUT2D eigenvalue weighted by Crippen LogP contribution is 2.12. The van der Waals surface area contributed by atoms with Gasteiger partial charge in [-0.25, -0.2) is 8.78 Å². The number of nitrogens with one attached hydrogen (secondary N) is 1. The molecule has 0 heterocycles. The second-order valence-electron chi connectivity index (χ2n) is 4.14. The van der Waals surface area contributed by atoms with Crippen molar-refractivity contribution in [3.05, 3.63) is 29.8 Å². The molecule has 0 aliphatic heterocycles. The summed E-state index contributed by atoms with van der Waals surface area (Å²) >= 11 is 0. The lowest BCUT2D eigenvalue weighted by Gasteiger charge is -2.08. The lowest BCUT2D eigenvalue weighted by atomic mass is 10.2. The van der Waals surface area contributed by atoms with Crippen molar-refractivity contribution in [3.63, 3.8) is 0 Å². The SMILES string of the molecule is CCCNCc1ccc(OCCOCC(F)F)cc1. The Morgan fingerprint density at radius 1 is 1.16 bits per heavy atom. The van der Waals surface area contributed by atoms with Crippen LogP contribution in [0.4, 0.5) is 8.78 Å². The lowest BCUT2D eigenvalue weighted by molar-refractivity contribution is 0.00763. The molecule has 0 aromatic heterocycles. The van der Waals surface area contributed by atoms with Crippen molar-refractivity contribution in [2.24, 2.45) is 0 Å². The van der Waals surface area contributed by atoms with Crippen LogP contribution in [0.3, 0.4) is 0 Å². The van der Waals surface area contributed by atoms with Crippen LogP contribution in [0.15, 0.2) is 24.3 Å². The monoisotopic (exact) mass is 273 g/mol. The minimum absolute atomic E-state index is 0.171. The number of hydrogen-bond donors (Lipinski definition) is 1. The molecule has 0 radical (unpaired) electrons. The minimum Gasteiger partial charge on any atom is -0.491 e. The highest BCUT2D eigenvalue weighted by atomic mass is 19.3. The summed E-state index contributed by atoms with van der Waals surface area (Å²) in [6.07, 6.45) is -1.31. The summed E-state index contributed by atoms with van der Waals surface area (Å²) in [6, 6.07) is 7.71. The van der Waals surface area contributed by atoms with E-state index in [1.165, 1.54) is 5.56 Å². The lowest BCUT2D eigenvalue weighted by Crippen LogP contribution is -2.13. The van der Waals surface area contributed by atoms with E-state index in [0.29, 0.717) is 0 Å². The van der Waals surface area contributed by atoms with Gasteiger partial charge in [0.15, 0.2) is 0 Å². The molecule has 108 valence electrons. The predicted molar refractivity (Wildman–Crippen MR) is 70.8 cm³/mol. The third kappa shape index (κ3) is 7.74. The van der Waals surface area contributed by atoms with Gasteiger partial charge in [-0.1, -0.05) is 19.1 Å². The molecule has 5 heteroatoms. The number of halogens is 2. The Morgan fingerprint density at radius 3 is 2.53 bits per heavy atom. The van der Waals surface area contributed by atoms with E-state index in [9.17, 15) is 8.78 Å². The largest absolute Gasteiger partial charge is 0.491 e. The molecule has 1 aromatic rings. The van der Waals surface area contributed by atoms with Crippen LogP contribution in [-0.2, 0) is 11.3 Å². The molecule has 0 saturated heterocycles. The number of alkyl halides is 2. The number of ether oxygens (including phenoxy) is 2. The zero-order valence-electron chi connectivity index (χ0n) is 11.2. The molecule has 0 atom stereocenters. The van der Waals surface area contributed by atoms with Crippen molar-refractivity contribution in [3.8, 4) is 5.75 Å². The van der Waals surface area contributed by atoms with Gasteiger partial charge in [-0.15, -0.1) is 0 Å². The van der Waals surface area contributed by atoms with Crippen molar-refractivity contribution in [2.75, 3.05) is 26.4 Å². The van der Waals surface area contributed by atoms with Crippen LogP contribution in [0.2, 0.25) is 0 Å². The Labute approximate surface area is 112 Å². The second-order valence-corrected chi connectivity index (χ2v) is 4.14. The van der Waals surface area contributed by atoms with Gasteiger partial charge in [-0.2, -0.15) is 0 Å². The Hall–Kier alpha value is -1.20. The van der Waals surface area contributed by atoms with Crippen LogP contribution < -0.4 is 10.1 Å². The Balaban J connectivity index is 2.17. The highest BCUT2D eigenvalue weighted by Gasteiger charge is 2.01. The maximum absolute atomic E-state index is 11.8. The second kappa shape index (κ2) is 9.69. The molecule has 0 aliphatic carbocycles. The molecule has 0 unspecified atom stereocenters. The minimum atomic E-state index is -2.42. The standard InChI is InChI=1S/C14H21F2NO2/c1-2-7-17-10-12-3-5-13(6-4-12)19-9-8-18-11-14(15)16/h3-6,14,17H,2,7-11H2,1H3. The summed E-state index contributed by atoms with van der Waals surface area (Å²) < 4.78 is 33.7. The van der Waals surface area contributed by atoms with Gasteiger partial charge in [0.25, 0.3) is 6.43 Å². The van der Waals surface area contributed by atoms with Crippen LogP contribution >= 0.6 is 0 Å². The van der Waals surface area contributed by atoms with E-state index in [-0.39, 0.29) is 13.2 Å². The van der Waals surface area contributed by atoms with E-state index in [4.69, 9.17) is 9.47 Å². The third-order valence-electron chi connectivity index (χ3n) is 2.42. The molecule has 0 aliphatic rings. The van der Waals surface area contributed by atoms with Gasteiger partial charge >= 0.3 is 0 Å². The fraction of sp³-hybridized carbons (Fsp3) is 0.571. The van der Waals surface area contributed by atoms with Crippen molar-refractivity contribution in [1.29, 1.82) is 0 Å². The summed E-state index contributed by atoms with van der Waals surface area (Å²) in [5.74, 6) is 0.722. The van der Waals surface area contributed by atoms with Gasteiger partial charge in [0.1, 0.15) is 19.0 Å². The van der Waals surface area contributed by atoms with E-state index in [0.717, 1.165) is 25.3 Å². The van der Waals surface area contributed by atoms with Crippen LogP contribution in [0.1, 0.15) is 18.9 Å². The molecular weight excluding hydrogens is 252 g/mol. The van der Waals surface area contributed by atoms with Crippen LogP contribution in [0.25, 0.3) is 0 Å². The van der Waals surface area contributed by atoms with Gasteiger partial charge in [-0.3, -0.25) is 0 Å². The molecule has 0 bridgehead atoms. The zero-order chi connectivity index (χ0) is 13.9. The molecule has 1 aromatic carbocycles. The topological polar surface area (TPSA) is 30.5 Å². The Morgan fingerprint density at radius 2 is 1.89 bits per heavy atom. The summed E-state index contributed by atoms with van der Waals surface area (Å²) in [5.41, 5.74) is 1.19. The maximum Gasteiger partial charge on any atom is 0.261 e. The highest BCUT2D eigenvalue weighted by molar-refractivity contribution is 5.27. The van der Waals surface area contributed by atoms with Crippen molar-refractivity contribution in [2.45, 2.75) is 26.3 Å². The third-order valence-corrected chi connectivity index (χ3v) is 2.42. The van der Waals surface area contributed by atoms with Crippen molar-refractivity contribution in [1.82, 2.24) is 5.32 Å². The first-order valence-corrected chi connectivity index (χ1v) is 6.50. The van der Waals surface area contributed by atoms with Crippen molar-refractivity contribution >= 4 is 0 Å². The van der Waals surface area contributed by atoms with E-state index < -0.39 is 13.0 Å². The summed E-state index contributed by atoms with van der Waals surface area (Å²) in [4.78, 5) is 0. The normalized spacial score (nSPS) is 10.9. The molecule has 0 saturated carbocycles. The van der Waals surface area contributed by atoms with Gasteiger partial charge in [0, 0.05) is 6.54 Å². The van der Waals surface area contributed by atoms with Crippen molar-refractivity contribution < 1.29 is 18.3 Å². The summed E-state index contributed by atoms with van der Waals surface area (Å²) in [5, 5.41) is 3.31. The van der Waals surface area contributed by atoms with Gasteiger partial charge in [-0.05, 0) is 30.7 Å². The smallest absolute Gasteiger partial charge is 0.261 e. The van der Waals surface area contributed by atoms with Crippen LogP contribution in [0, 0.1) is 0 Å². The first-order valence-electron chi connectivity index (χ1n) is 6.50. The van der Waals surface area contributed by atoms with Gasteiger partial charge < -0.3 is 14.8 Å². The molecule has 19 heavy (non-hydrogen) atoms. The first kappa shape index (κ1) is 15.9. The molecule has 1 rings (SSSR count). The molecule has 3 nitrogen and oxygen atoms in total. The quantitative estimate of drug-likeness (QED) is 0.665. The molecule has 0 amide bonds. The van der Waals surface area contributed by atoms with E-state index in [2.05, 4.69) is 12.2 Å². The van der Waals surface area contributed by atoms with Crippen LogP contribution in [0.5, 0.6) is 5.75 Å². The zero-order valence-corrected chi connectivity index (χ0v) is 11.2.